The highest BCUT2D eigenvalue weighted by atomic mass is 127. The molecule has 1 heterocycles. The van der Waals surface area contributed by atoms with Crippen LogP contribution >= 0.6 is 22.6 Å². The molecule has 0 spiro atoms. The molecule has 1 rings (SSSR count). The van der Waals surface area contributed by atoms with Crippen molar-refractivity contribution in [2.75, 3.05) is 7.11 Å². The van der Waals surface area contributed by atoms with Crippen molar-refractivity contribution < 1.29 is 21.9 Å². The summed E-state index contributed by atoms with van der Waals surface area (Å²) in [4.78, 5) is 3.30. The Morgan fingerprint density at radius 3 is 2.50 bits per heavy atom. The molecular formula is C7H7F2IN2O3S. The maximum absolute atomic E-state index is 12.6. The number of hydrogen-bond donors (Lipinski definition) is 1. The molecule has 0 saturated carbocycles. The van der Waals surface area contributed by atoms with Crippen LogP contribution in [0.1, 0.15) is 12.1 Å². The van der Waals surface area contributed by atoms with Gasteiger partial charge in [-0.1, -0.05) is 0 Å². The Labute approximate surface area is 104 Å². The molecule has 0 aliphatic rings. The largest absolute Gasteiger partial charge is 0.495 e. The highest BCUT2D eigenvalue weighted by molar-refractivity contribution is 14.1. The first-order valence-electron chi connectivity index (χ1n) is 3.82. The van der Waals surface area contributed by atoms with E-state index in [1.165, 1.54) is 7.11 Å². The van der Waals surface area contributed by atoms with Crippen molar-refractivity contribution in [3.63, 3.8) is 0 Å². The summed E-state index contributed by atoms with van der Waals surface area (Å²) < 4.78 is 51.9. The number of sulfonamides is 1. The van der Waals surface area contributed by atoms with Crippen LogP contribution in [-0.2, 0) is 10.0 Å². The Bertz CT molecular complexity index is 507. The van der Waals surface area contributed by atoms with Crippen LogP contribution in [0.5, 0.6) is 5.75 Å². The summed E-state index contributed by atoms with van der Waals surface area (Å²) in [5.41, 5.74) is -0.663. The van der Waals surface area contributed by atoms with Crippen LogP contribution in [0.15, 0.2) is 11.1 Å². The lowest BCUT2D eigenvalue weighted by atomic mass is 10.3. The zero-order valence-corrected chi connectivity index (χ0v) is 10.9. The van der Waals surface area contributed by atoms with Gasteiger partial charge in [0.1, 0.15) is 11.4 Å². The van der Waals surface area contributed by atoms with Gasteiger partial charge in [0.25, 0.3) is 16.4 Å². The molecule has 0 aliphatic heterocycles. The standard InChI is InChI=1S/C7H7F2IN2O3S/c1-15-3-2-4(16(11,13)14)12-6(5(3)10)7(8)9/h2,7H,1H3,(H2,11,13,14). The fourth-order valence-electron chi connectivity index (χ4n) is 0.941. The molecule has 16 heavy (non-hydrogen) atoms. The maximum atomic E-state index is 12.6. The van der Waals surface area contributed by atoms with E-state index in [1.54, 1.807) is 22.6 Å². The van der Waals surface area contributed by atoms with Crippen LogP contribution in [0.4, 0.5) is 8.78 Å². The lowest BCUT2D eigenvalue weighted by molar-refractivity contribution is 0.143. The second-order valence-electron chi connectivity index (χ2n) is 2.71. The zero-order chi connectivity index (χ0) is 12.5. The van der Waals surface area contributed by atoms with Crippen LogP contribution in [0.2, 0.25) is 0 Å². The van der Waals surface area contributed by atoms with Crippen molar-refractivity contribution in [3.8, 4) is 5.75 Å². The topological polar surface area (TPSA) is 82.3 Å². The van der Waals surface area contributed by atoms with Crippen LogP contribution in [0.25, 0.3) is 0 Å². The van der Waals surface area contributed by atoms with E-state index in [4.69, 9.17) is 9.88 Å². The SMILES string of the molecule is COc1cc(S(N)(=O)=O)nc(C(F)F)c1I. The third-order valence-electron chi connectivity index (χ3n) is 1.64. The van der Waals surface area contributed by atoms with E-state index in [0.717, 1.165) is 6.07 Å². The smallest absolute Gasteiger partial charge is 0.281 e. The van der Waals surface area contributed by atoms with E-state index in [0.29, 0.717) is 0 Å². The summed E-state index contributed by atoms with van der Waals surface area (Å²) in [5.74, 6) is -0.00470. The quantitative estimate of drug-likeness (QED) is 0.820. The summed E-state index contributed by atoms with van der Waals surface area (Å²) >= 11 is 1.60. The number of hydrogen-bond acceptors (Lipinski definition) is 4. The minimum atomic E-state index is -4.14. The molecule has 5 nitrogen and oxygen atoms in total. The Hall–Kier alpha value is -0.550. The van der Waals surface area contributed by atoms with Gasteiger partial charge in [-0.05, 0) is 22.6 Å². The van der Waals surface area contributed by atoms with Crippen LogP contribution < -0.4 is 9.88 Å². The van der Waals surface area contributed by atoms with Crippen molar-refractivity contribution in [1.82, 2.24) is 4.98 Å². The number of halogens is 3. The van der Waals surface area contributed by atoms with E-state index in [2.05, 4.69) is 4.98 Å². The summed E-state index contributed by atoms with van der Waals surface area (Å²) in [6.07, 6.45) is -2.90. The van der Waals surface area contributed by atoms with Crippen molar-refractivity contribution in [3.05, 3.63) is 15.3 Å². The summed E-state index contributed by atoms with van der Waals surface area (Å²) in [7, 11) is -2.90. The van der Waals surface area contributed by atoms with Gasteiger partial charge in [0.2, 0.25) is 0 Å². The Morgan fingerprint density at radius 1 is 1.56 bits per heavy atom. The van der Waals surface area contributed by atoms with Crippen LogP contribution in [-0.4, -0.2) is 20.5 Å². The minimum absolute atomic E-state index is 0.00470. The van der Waals surface area contributed by atoms with Crippen molar-refractivity contribution >= 4 is 32.6 Å². The Morgan fingerprint density at radius 2 is 2.12 bits per heavy atom. The number of methoxy groups -OCH3 is 1. The van der Waals surface area contributed by atoms with Crippen molar-refractivity contribution in [2.45, 2.75) is 11.5 Å². The normalized spacial score (nSPS) is 11.9. The molecule has 0 fully saturated rings. The molecule has 0 amide bonds. The van der Waals surface area contributed by atoms with Gasteiger partial charge in [-0.3, -0.25) is 0 Å². The number of nitrogens with zero attached hydrogens (tertiary/aromatic N) is 1. The average molecular weight is 364 g/mol. The number of ether oxygens (including phenoxy) is 1. The summed E-state index contributed by atoms with van der Waals surface area (Å²) in [6, 6.07) is 1.00. The zero-order valence-electron chi connectivity index (χ0n) is 7.95. The van der Waals surface area contributed by atoms with Gasteiger partial charge in [0, 0.05) is 6.07 Å². The lowest BCUT2D eigenvalue weighted by Gasteiger charge is -2.09. The first-order chi connectivity index (χ1) is 7.27. The highest BCUT2D eigenvalue weighted by Crippen LogP contribution is 2.31. The fourth-order valence-corrected chi connectivity index (χ4v) is 2.17. The van der Waals surface area contributed by atoms with Gasteiger partial charge in [0.05, 0.1) is 10.7 Å². The van der Waals surface area contributed by atoms with E-state index in [9.17, 15) is 17.2 Å². The predicted octanol–water partition coefficient (Wildman–Crippen LogP) is 1.28. The number of pyridine rings is 1. The summed E-state index contributed by atoms with van der Waals surface area (Å²) in [5, 5.41) is 4.17. The first-order valence-corrected chi connectivity index (χ1v) is 6.45. The van der Waals surface area contributed by atoms with Gasteiger partial charge < -0.3 is 4.74 Å². The number of nitrogens with two attached hydrogens (primary N) is 1. The molecule has 0 saturated heterocycles. The third kappa shape index (κ3) is 2.77. The van der Waals surface area contributed by atoms with Gasteiger partial charge in [-0.25, -0.2) is 27.3 Å². The number of primary sulfonamides is 1. The molecule has 0 aromatic carbocycles. The van der Waals surface area contributed by atoms with E-state index in [-0.39, 0.29) is 9.32 Å². The van der Waals surface area contributed by atoms with Gasteiger partial charge in [-0.15, -0.1) is 0 Å². The molecule has 90 valence electrons. The van der Waals surface area contributed by atoms with Gasteiger partial charge in [0.15, 0.2) is 5.03 Å². The van der Waals surface area contributed by atoms with Crippen LogP contribution in [0.3, 0.4) is 0 Å². The molecule has 1 aromatic heterocycles. The van der Waals surface area contributed by atoms with Crippen LogP contribution in [0, 0.1) is 3.57 Å². The predicted molar refractivity (Wildman–Crippen MR) is 59.8 cm³/mol. The fraction of sp³-hybridized carbons (Fsp3) is 0.286. The minimum Gasteiger partial charge on any atom is -0.495 e. The van der Waals surface area contributed by atoms with E-state index < -0.39 is 27.2 Å². The molecule has 2 N–H and O–H groups in total. The number of alkyl halides is 2. The van der Waals surface area contributed by atoms with Crippen molar-refractivity contribution in [2.24, 2.45) is 5.14 Å². The molecule has 9 heteroatoms. The molecule has 0 atom stereocenters. The Kier molecular flexibility index (Phi) is 4.02. The summed E-state index contributed by atoms with van der Waals surface area (Å²) in [6.45, 7) is 0. The molecule has 0 bridgehead atoms. The average Bonchev–Trinajstić information content (AvgIpc) is 2.15. The van der Waals surface area contributed by atoms with E-state index >= 15 is 0 Å². The first kappa shape index (κ1) is 13.5. The molecular weight excluding hydrogens is 357 g/mol. The molecule has 0 unspecified atom stereocenters. The molecule has 0 radical (unpaired) electrons. The highest BCUT2D eigenvalue weighted by Gasteiger charge is 2.22. The van der Waals surface area contributed by atoms with Gasteiger partial charge >= 0.3 is 0 Å². The molecule has 1 aromatic rings. The van der Waals surface area contributed by atoms with Gasteiger partial charge in [-0.2, -0.15) is 0 Å². The number of rotatable bonds is 3. The maximum Gasteiger partial charge on any atom is 0.281 e. The monoisotopic (exact) mass is 364 g/mol. The number of aromatic nitrogens is 1. The lowest BCUT2D eigenvalue weighted by Crippen LogP contribution is -2.16. The second-order valence-corrected chi connectivity index (χ2v) is 5.29. The van der Waals surface area contributed by atoms with E-state index in [1.807, 2.05) is 0 Å². The Balaban J connectivity index is 3.53. The molecule has 0 aliphatic carbocycles. The second kappa shape index (κ2) is 4.75. The van der Waals surface area contributed by atoms with Crippen molar-refractivity contribution in [1.29, 1.82) is 0 Å². The third-order valence-corrected chi connectivity index (χ3v) is 3.52.